The van der Waals surface area contributed by atoms with E-state index in [1.54, 1.807) is 6.92 Å². The number of aliphatic hydroxyl groups excluding tert-OH is 1. The predicted octanol–water partition coefficient (Wildman–Crippen LogP) is 3.98. The number of benzene rings is 1. The third kappa shape index (κ3) is 3.09. The number of aliphatic hydroxyl groups is 1. The monoisotopic (exact) mass is 265 g/mol. The van der Waals surface area contributed by atoms with Crippen molar-refractivity contribution in [3.05, 3.63) is 34.7 Å². The molecule has 0 aliphatic carbocycles. The van der Waals surface area contributed by atoms with Crippen molar-refractivity contribution in [3.63, 3.8) is 0 Å². The molecule has 0 saturated carbocycles. The minimum Gasteiger partial charge on any atom is -0.386 e. The molecule has 0 aliphatic rings. The Bertz CT molecular complexity index is 476. The predicted molar refractivity (Wildman–Crippen MR) is 74.6 cm³/mol. The first-order valence-electron chi connectivity index (χ1n) is 5.57. The van der Waals surface area contributed by atoms with Crippen molar-refractivity contribution < 1.29 is 5.11 Å². The lowest BCUT2D eigenvalue weighted by atomic mass is 10.2. The number of aromatic nitrogens is 1. The Labute approximate surface area is 110 Å². The van der Waals surface area contributed by atoms with Crippen molar-refractivity contribution in [3.8, 4) is 11.3 Å². The highest BCUT2D eigenvalue weighted by Gasteiger charge is 2.08. The quantitative estimate of drug-likeness (QED) is 0.849. The summed E-state index contributed by atoms with van der Waals surface area (Å²) >= 11 is 3.33. The number of hydrogen-bond acceptors (Lipinski definition) is 4. The summed E-state index contributed by atoms with van der Waals surface area (Å²) in [6, 6.07) is 8.40. The zero-order valence-electron chi connectivity index (χ0n) is 9.88. The van der Waals surface area contributed by atoms with Gasteiger partial charge in [0.2, 0.25) is 0 Å². The highest BCUT2D eigenvalue weighted by Crippen LogP contribution is 2.27. The fourth-order valence-electron chi connectivity index (χ4n) is 1.50. The lowest BCUT2D eigenvalue weighted by Gasteiger charge is -2.00. The van der Waals surface area contributed by atoms with E-state index in [4.69, 9.17) is 0 Å². The average molecular weight is 265 g/mol. The molecule has 0 amide bonds. The van der Waals surface area contributed by atoms with Gasteiger partial charge >= 0.3 is 0 Å². The molecule has 0 spiro atoms. The van der Waals surface area contributed by atoms with Gasteiger partial charge in [0.05, 0.1) is 5.69 Å². The summed E-state index contributed by atoms with van der Waals surface area (Å²) < 4.78 is 0. The molecule has 4 heteroatoms. The highest BCUT2D eigenvalue weighted by molar-refractivity contribution is 7.99. The Kier molecular flexibility index (Phi) is 4.20. The van der Waals surface area contributed by atoms with Gasteiger partial charge in [-0.2, -0.15) is 0 Å². The first-order chi connectivity index (χ1) is 8.20. The molecule has 90 valence electrons. The van der Waals surface area contributed by atoms with Crippen LogP contribution < -0.4 is 0 Å². The molecule has 1 unspecified atom stereocenters. The largest absolute Gasteiger partial charge is 0.386 e. The SMILES string of the molecule is CCSc1ccc(-c2csc(C(C)O)n2)cc1. The second-order valence-electron chi connectivity index (χ2n) is 3.70. The van der Waals surface area contributed by atoms with Crippen LogP contribution in [0.4, 0.5) is 0 Å². The summed E-state index contributed by atoms with van der Waals surface area (Å²) in [5.41, 5.74) is 2.05. The third-order valence-electron chi connectivity index (χ3n) is 2.34. The molecule has 2 nitrogen and oxygen atoms in total. The maximum Gasteiger partial charge on any atom is 0.122 e. The van der Waals surface area contributed by atoms with Gasteiger partial charge in [-0.3, -0.25) is 0 Å². The van der Waals surface area contributed by atoms with Gasteiger partial charge in [-0.1, -0.05) is 19.1 Å². The van der Waals surface area contributed by atoms with Crippen LogP contribution in [0.15, 0.2) is 34.5 Å². The fourth-order valence-corrected chi connectivity index (χ4v) is 2.93. The number of rotatable bonds is 4. The van der Waals surface area contributed by atoms with Crippen molar-refractivity contribution in [2.45, 2.75) is 24.8 Å². The van der Waals surface area contributed by atoms with Crippen molar-refractivity contribution >= 4 is 23.1 Å². The van der Waals surface area contributed by atoms with Crippen LogP contribution in [0.3, 0.4) is 0 Å². The molecule has 0 radical (unpaired) electrons. The first-order valence-corrected chi connectivity index (χ1v) is 7.44. The molecular weight excluding hydrogens is 250 g/mol. The highest BCUT2D eigenvalue weighted by atomic mass is 32.2. The van der Waals surface area contributed by atoms with E-state index in [2.05, 4.69) is 36.2 Å². The molecule has 2 aromatic rings. The second-order valence-corrected chi connectivity index (χ2v) is 5.93. The van der Waals surface area contributed by atoms with Gasteiger partial charge in [0.25, 0.3) is 0 Å². The maximum absolute atomic E-state index is 9.44. The Hall–Kier alpha value is -0.840. The fraction of sp³-hybridized carbons (Fsp3) is 0.308. The average Bonchev–Trinajstić information content (AvgIpc) is 2.80. The van der Waals surface area contributed by atoms with Gasteiger partial charge in [0.1, 0.15) is 11.1 Å². The smallest absolute Gasteiger partial charge is 0.122 e. The zero-order valence-corrected chi connectivity index (χ0v) is 11.5. The second kappa shape index (κ2) is 5.67. The Morgan fingerprint density at radius 1 is 1.35 bits per heavy atom. The van der Waals surface area contributed by atoms with Crippen LogP contribution in [0, 0.1) is 0 Å². The molecule has 0 fully saturated rings. The van der Waals surface area contributed by atoms with Crippen LogP contribution in [0.25, 0.3) is 11.3 Å². The molecule has 1 atom stereocenters. The van der Waals surface area contributed by atoms with Crippen molar-refractivity contribution in [1.29, 1.82) is 0 Å². The Morgan fingerprint density at radius 3 is 2.59 bits per heavy atom. The van der Waals surface area contributed by atoms with E-state index >= 15 is 0 Å². The van der Waals surface area contributed by atoms with Crippen LogP contribution in [0.5, 0.6) is 0 Å². The van der Waals surface area contributed by atoms with E-state index in [9.17, 15) is 5.11 Å². The minimum atomic E-state index is -0.483. The van der Waals surface area contributed by atoms with E-state index < -0.39 is 6.10 Å². The van der Waals surface area contributed by atoms with E-state index in [-0.39, 0.29) is 0 Å². The van der Waals surface area contributed by atoms with Crippen LogP contribution in [0.2, 0.25) is 0 Å². The van der Waals surface area contributed by atoms with Crippen molar-refractivity contribution in [2.24, 2.45) is 0 Å². The van der Waals surface area contributed by atoms with E-state index in [1.165, 1.54) is 16.2 Å². The maximum atomic E-state index is 9.44. The molecule has 0 aliphatic heterocycles. The third-order valence-corrected chi connectivity index (χ3v) is 4.25. The van der Waals surface area contributed by atoms with Crippen LogP contribution in [-0.2, 0) is 0 Å². The van der Waals surface area contributed by atoms with E-state index in [1.807, 2.05) is 17.1 Å². The standard InChI is InChI=1S/C13H15NOS2/c1-3-16-11-6-4-10(5-7-11)12-8-17-13(14-12)9(2)15/h4-9,15H,3H2,1-2H3. The normalized spacial score (nSPS) is 12.6. The number of hydrogen-bond donors (Lipinski definition) is 1. The van der Waals surface area contributed by atoms with Gasteiger partial charge in [-0.05, 0) is 24.8 Å². The van der Waals surface area contributed by atoms with Crippen LogP contribution in [0.1, 0.15) is 25.0 Å². The summed E-state index contributed by atoms with van der Waals surface area (Å²) in [5.74, 6) is 1.09. The Balaban J connectivity index is 2.21. The Morgan fingerprint density at radius 2 is 2.06 bits per heavy atom. The zero-order chi connectivity index (χ0) is 12.3. The van der Waals surface area contributed by atoms with Crippen molar-refractivity contribution in [2.75, 3.05) is 5.75 Å². The number of thioether (sulfide) groups is 1. The summed E-state index contributed by atoms with van der Waals surface area (Å²) in [4.78, 5) is 5.70. The van der Waals surface area contributed by atoms with Crippen LogP contribution in [-0.4, -0.2) is 15.8 Å². The summed E-state index contributed by atoms with van der Waals surface area (Å²) in [6.45, 7) is 3.89. The lowest BCUT2D eigenvalue weighted by Crippen LogP contribution is -1.89. The van der Waals surface area contributed by atoms with Gasteiger partial charge < -0.3 is 5.11 Å². The molecular formula is C13H15NOS2. The van der Waals surface area contributed by atoms with Gasteiger partial charge in [-0.25, -0.2) is 4.98 Å². The van der Waals surface area contributed by atoms with Gasteiger partial charge in [-0.15, -0.1) is 23.1 Å². The van der Waals surface area contributed by atoms with Crippen LogP contribution >= 0.6 is 23.1 Å². The lowest BCUT2D eigenvalue weighted by molar-refractivity contribution is 0.199. The molecule has 1 heterocycles. The summed E-state index contributed by atoms with van der Waals surface area (Å²) in [7, 11) is 0. The molecule has 1 aromatic heterocycles. The van der Waals surface area contributed by atoms with Crippen molar-refractivity contribution in [1.82, 2.24) is 4.98 Å². The van der Waals surface area contributed by atoms with Gasteiger partial charge in [0.15, 0.2) is 0 Å². The topological polar surface area (TPSA) is 33.1 Å². The van der Waals surface area contributed by atoms with E-state index in [0.29, 0.717) is 0 Å². The minimum absolute atomic E-state index is 0.483. The number of nitrogens with zero attached hydrogens (tertiary/aromatic N) is 1. The molecule has 1 aromatic carbocycles. The number of thiazole rings is 1. The molecule has 0 bridgehead atoms. The van der Waals surface area contributed by atoms with Gasteiger partial charge in [0, 0.05) is 15.8 Å². The summed E-state index contributed by atoms with van der Waals surface area (Å²) in [5, 5.41) is 12.2. The molecule has 0 saturated heterocycles. The molecule has 17 heavy (non-hydrogen) atoms. The van der Waals surface area contributed by atoms with E-state index in [0.717, 1.165) is 22.0 Å². The summed E-state index contributed by atoms with van der Waals surface area (Å²) in [6.07, 6.45) is -0.483. The molecule has 1 N–H and O–H groups in total. The first kappa shape index (κ1) is 12.6. The molecule has 2 rings (SSSR count).